The average Bonchev–Trinajstić information content (AvgIpc) is 3.44. The minimum atomic E-state index is 0.128. The molecule has 0 unspecified atom stereocenters. The molecule has 1 aliphatic rings. The number of fused-ring (bicyclic) bond motifs is 2. The summed E-state index contributed by atoms with van der Waals surface area (Å²) >= 11 is 1.71. The molecular weight excluding hydrogens is 380 g/mol. The highest BCUT2D eigenvalue weighted by Crippen LogP contribution is 2.30. The molecule has 4 nitrogen and oxygen atoms in total. The van der Waals surface area contributed by atoms with Gasteiger partial charge in [-0.1, -0.05) is 25.1 Å². The van der Waals surface area contributed by atoms with Gasteiger partial charge >= 0.3 is 0 Å². The van der Waals surface area contributed by atoms with E-state index in [-0.39, 0.29) is 5.78 Å². The quantitative estimate of drug-likeness (QED) is 0.384. The second-order valence-electron chi connectivity index (χ2n) is 7.96. The van der Waals surface area contributed by atoms with E-state index in [1.165, 1.54) is 4.83 Å². The van der Waals surface area contributed by atoms with Gasteiger partial charge in [0.25, 0.3) is 0 Å². The lowest BCUT2D eigenvalue weighted by Crippen LogP contribution is -2.20. The van der Waals surface area contributed by atoms with Crippen LogP contribution in [0.2, 0.25) is 0 Å². The van der Waals surface area contributed by atoms with Gasteiger partial charge in [0, 0.05) is 54.4 Å². The molecule has 3 aromatic heterocycles. The van der Waals surface area contributed by atoms with Crippen LogP contribution >= 0.6 is 11.3 Å². The van der Waals surface area contributed by atoms with Crippen LogP contribution in [0.4, 0.5) is 0 Å². The van der Waals surface area contributed by atoms with Gasteiger partial charge in [0.2, 0.25) is 5.78 Å². The number of aromatic nitrogens is 2. The summed E-state index contributed by atoms with van der Waals surface area (Å²) < 4.78 is 10.0. The van der Waals surface area contributed by atoms with Crippen LogP contribution in [0.25, 0.3) is 21.1 Å². The predicted octanol–water partition coefficient (Wildman–Crippen LogP) is 5.73. The second kappa shape index (κ2) is 7.81. The summed E-state index contributed by atoms with van der Waals surface area (Å²) in [6.45, 7) is 5.66. The molecule has 1 aromatic carbocycles. The second-order valence-corrected chi connectivity index (χ2v) is 8.85. The van der Waals surface area contributed by atoms with Crippen LogP contribution in [-0.4, -0.2) is 28.1 Å². The number of carbonyl (C=O) groups excluding carboxylic acids is 1. The van der Waals surface area contributed by atoms with Crippen molar-refractivity contribution in [3.05, 3.63) is 59.2 Å². The molecule has 0 atom stereocenters. The van der Waals surface area contributed by atoms with Crippen LogP contribution < -0.4 is 0 Å². The van der Waals surface area contributed by atoms with Gasteiger partial charge in [-0.2, -0.15) is 0 Å². The molecule has 0 radical (unpaired) electrons. The largest absolute Gasteiger partial charge is 0.381 e. The van der Waals surface area contributed by atoms with Crippen LogP contribution in [0, 0.1) is 5.92 Å². The fraction of sp³-hybridized carbons (Fsp3) is 0.375. The van der Waals surface area contributed by atoms with E-state index in [2.05, 4.69) is 58.0 Å². The van der Waals surface area contributed by atoms with Gasteiger partial charge in [0.15, 0.2) is 0 Å². The maximum absolute atomic E-state index is 13.7. The zero-order chi connectivity index (χ0) is 19.8. The number of benzene rings is 1. The molecule has 0 bridgehead atoms. The van der Waals surface area contributed by atoms with E-state index in [0.717, 1.165) is 73.1 Å². The lowest BCUT2D eigenvalue weighted by molar-refractivity contribution is 0.0616. The fourth-order valence-electron chi connectivity index (χ4n) is 4.53. The van der Waals surface area contributed by atoms with Crippen molar-refractivity contribution >= 4 is 38.2 Å². The first-order valence-corrected chi connectivity index (χ1v) is 11.4. The molecule has 0 saturated carbocycles. The number of carbonyl (C=O) groups is 1. The van der Waals surface area contributed by atoms with Crippen LogP contribution in [0.3, 0.4) is 0 Å². The molecule has 5 rings (SSSR count). The van der Waals surface area contributed by atoms with Gasteiger partial charge in [-0.05, 0) is 48.8 Å². The molecule has 0 amide bonds. The molecule has 4 aromatic rings. The van der Waals surface area contributed by atoms with E-state index >= 15 is 0 Å². The Labute approximate surface area is 174 Å². The van der Waals surface area contributed by atoms with Gasteiger partial charge < -0.3 is 13.9 Å². The topological polar surface area (TPSA) is 36.2 Å². The Hall–Kier alpha value is -2.37. The number of thiophene rings is 1. The highest BCUT2D eigenvalue weighted by molar-refractivity contribution is 7.16. The smallest absolute Gasteiger partial charge is 0.211 e. The highest BCUT2D eigenvalue weighted by atomic mass is 32.1. The van der Waals surface area contributed by atoms with Gasteiger partial charge in [-0.15, -0.1) is 11.3 Å². The first-order valence-electron chi connectivity index (χ1n) is 10.5. The summed E-state index contributed by atoms with van der Waals surface area (Å²) in [5.74, 6) is 0.737. The maximum Gasteiger partial charge on any atom is 0.211 e. The number of rotatable bonds is 6. The third kappa shape index (κ3) is 3.32. The normalized spacial score (nSPS) is 15.5. The van der Waals surface area contributed by atoms with Crippen LogP contribution in [-0.2, 0) is 17.8 Å². The van der Waals surface area contributed by atoms with Crippen molar-refractivity contribution in [2.24, 2.45) is 5.92 Å². The summed E-state index contributed by atoms with van der Waals surface area (Å²) in [5.41, 5.74) is 2.77. The average molecular weight is 407 g/mol. The zero-order valence-corrected chi connectivity index (χ0v) is 17.6. The van der Waals surface area contributed by atoms with Crippen molar-refractivity contribution in [3.63, 3.8) is 0 Å². The molecule has 1 saturated heterocycles. The third-order valence-electron chi connectivity index (χ3n) is 6.01. The van der Waals surface area contributed by atoms with Crippen LogP contribution in [0.1, 0.15) is 42.2 Å². The molecule has 5 heteroatoms. The van der Waals surface area contributed by atoms with Gasteiger partial charge in [-0.3, -0.25) is 4.79 Å². The number of aryl methyl sites for hydroxylation is 1. The summed E-state index contributed by atoms with van der Waals surface area (Å²) in [6, 6.07) is 12.5. The molecule has 0 N–H and O–H groups in total. The van der Waals surface area contributed by atoms with Crippen LogP contribution in [0.15, 0.2) is 48.0 Å². The van der Waals surface area contributed by atoms with Crippen molar-refractivity contribution in [1.29, 1.82) is 0 Å². The first kappa shape index (κ1) is 18.6. The first-order chi connectivity index (χ1) is 14.3. The van der Waals surface area contributed by atoms with E-state index < -0.39 is 0 Å². The summed E-state index contributed by atoms with van der Waals surface area (Å²) in [5, 5.41) is 4.32. The van der Waals surface area contributed by atoms with Gasteiger partial charge in [-0.25, -0.2) is 0 Å². The Bertz CT molecular complexity index is 1160. The Morgan fingerprint density at radius 2 is 2.03 bits per heavy atom. The van der Waals surface area contributed by atoms with Gasteiger partial charge in [0.1, 0.15) is 4.83 Å². The van der Waals surface area contributed by atoms with E-state index in [1.54, 1.807) is 11.3 Å². The molecule has 1 aliphatic heterocycles. The summed E-state index contributed by atoms with van der Waals surface area (Å²) in [4.78, 5) is 14.9. The number of hydrogen-bond donors (Lipinski definition) is 0. The SMILES string of the molecule is CCCn1c(C(=O)c2cn(CC3CCOCC3)c3ccccc23)cc2ccsc21. The molecule has 150 valence electrons. The Kier molecular flexibility index (Phi) is 5.02. The van der Waals surface area contributed by atoms with Crippen molar-refractivity contribution < 1.29 is 9.53 Å². The maximum atomic E-state index is 13.7. The zero-order valence-electron chi connectivity index (χ0n) is 16.8. The molecular formula is C24H26N2O2S. The minimum absolute atomic E-state index is 0.128. The number of hydrogen-bond acceptors (Lipinski definition) is 3. The number of para-hydroxylation sites is 1. The number of ketones is 1. The van der Waals surface area contributed by atoms with E-state index in [4.69, 9.17) is 4.74 Å². The molecule has 0 spiro atoms. The lowest BCUT2D eigenvalue weighted by atomic mass is 10.0. The summed E-state index contributed by atoms with van der Waals surface area (Å²) in [7, 11) is 0. The molecule has 4 heterocycles. The van der Waals surface area contributed by atoms with Crippen LogP contribution in [0.5, 0.6) is 0 Å². The Morgan fingerprint density at radius 1 is 1.21 bits per heavy atom. The molecule has 0 aliphatic carbocycles. The van der Waals surface area contributed by atoms with E-state index in [1.807, 2.05) is 6.07 Å². The fourth-order valence-corrected chi connectivity index (χ4v) is 5.46. The Balaban J connectivity index is 1.57. The predicted molar refractivity (Wildman–Crippen MR) is 119 cm³/mol. The van der Waals surface area contributed by atoms with Crippen molar-refractivity contribution in [2.75, 3.05) is 13.2 Å². The summed E-state index contributed by atoms with van der Waals surface area (Å²) in [6.07, 6.45) is 5.27. The third-order valence-corrected chi connectivity index (χ3v) is 6.96. The number of nitrogens with zero attached hydrogens (tertiary/aromatic N) is 2. The van der Waals surface area contributed by atoms with Crippen molar-refractivity contribution in [2.45, 2.75) is 39.3 Å². The monoisotopic (exact) mass is 406 g/mol. The van der Waals surface area contributed by atoms with Gasteiger partial charge in [0.05, 0.1) is 5.69 Å². The Morgan fingerprint density at radius 3 is 2.86 bits per heavy atom. The highest BCUT2D eigenvalue weighted by Gasteiger charge is 2.23. The van der Waals surface area contributed by atoms with Crippen molar-refractivity contribution in [3.8, 4) is 0 Å². The standard InChI is InChI=1S/C24H26N2O2S/c1-2-10-26-22(14-18-9-13-29-24(18)26)23(27)20-16-25(15-17-7-11-28-12-8-17)21-6-4-3-5-19(20)21/h3-6,9,13-14,16-17H,2,7-8,10-12,15H2,1H3. The molecule has 1 fully saturated rings. The number of ether oxygens (including phenoxy) is 1. The lowest BCUT2D eigenvalue weighted by Gasteiger charge is -2.22. The van der Waals surface area contributed by atoms with E-state index in [0.29, 0.717) is 5.92 Å². The van der Waals surface area contributed by atoms with E-state index in [9.17, 15) is 4.79 Å². The van der Waals surface area contributed by atoms with Crippen molar-refractivity contribution in [1.82, 2.24) is 9.13 Å². The molecule has 29 heavy (non-hydrogen) atoms. The minimum Gasteiger partial charge on any atom is -0.381 e.